The summed E-state index contributed by atoms with van der Waals surface area (Å²) < 4.78 is 40.5. The fourth-order valence-corrected chi connectivity index (χ4v) is 15.7. The number of carboxylic acid groups (broad SMARTS) is 1. The Bertz CT molecular complexity index is 5020. The molecule has 2 amide bonds. The molecule has 4 saturated heterocycles. The number of sulfonamides is 1. The van der Waals surface area contributed by atoms with Crippen LogP contribution in [0.5, 0.6) is 0 Å². The first-order chi connectivity index (χ1) is 48.7. The van der Waals surface area contributed by atoms with Crippen molar-refractivity contribution in [2.75, 3.05) is 140 Å². The SMILES string of the molecule is CC(=O)N1CCN(c2cc(Cl)cc3c(N)noc23)CC1.CC(=O)N1CCN(c2cc(Cl)cc3c(N)noc23)CC1(C)C.CS(=O)(=O)N1CCN(c2cc(Cl)cc3c(N)noc23)CC1.Clc1cc(N2CCc3ccccc3C2)c2cn[nH]c2c1.O=C(O)C1CCN(c2cc(Cl)cc3[nH]ncc23)CC1. The summed E-state index contributed by atoms with van der Waals surface area (Å²) in [5.74, 6) is 0.235. The lowest BCUT2D eigenvalue weighted by atomic mass is 9.96. The summed E-state index contributed by atoms with van der Waals surface area (Å²) in [7, 11) is -3.15. The quantitative estimate of drug-likeness (QED) is 0.0863. The number of aromatic amines is 2. The summed E-state index contributed by atoms with van der Waals surface area (Å²) in [6.07, 6.45) is 7.29. The molecule has 4 fully saturated rings. The third-order valence-corrected chi connectivity index (χ3v) is 21.4. The molecule has 11 aromatic rings. The number of hydrogen-bond acceptors (Lipinski definition) is 21. The number of nitrogen functional groups attached to an aromatic ring is 3. The standard InChI is InChI=1S/C16H14ClN3.C15H19ClN4O2.C13H15ClN4O2.C13H14ClN3O2.C12H15ClN4O3S/c17-13-7-15-14(9-18-19-15)16(8-13)20-6-5-11-3-1-2-4-12(11)10-20;1-9(21)20-5-4-19(8-15(20,2)3)12-7-10(16)6-11-13(12)22-18-14(11)17;1-8(19)17-2-4-18(5-3-17)11-7-9(14)6-10-12(11)20-16-13(10)15;14-9-5-11-10(7-15-16-11)12(6-9)17-3-1-8(2-4-17)13(18)19;1-21(18,19)17-4-2-16(3-5-17)10-7-8(13)6-9-11(10)20-15-12(9)14/h1-4,7-9H,5-6,10H2,(H,18,19);6-7H,4-5,8H2,1-3H3,(H2,17,18);6-7H,2-5H2,1H3,(H2,15,16);5-8H,1-4H2,(H,15,16)(H,18,19);6-7H,2-5H2,1H3,(H2,14,15). The number of halogens is 5. The molecule has 0 unspecified atom stereocenters. The number of carbonyl (C=O) groups is 3. The van der Waals surface area contributed by atoms with E-state index in [0.717, 1.165) is 106 Å². The lowest BCUT2D eigenvalue weighted by molar-refractivity contribution is -0.142. The van der Waals surface area contributed by atoms with Crippen molar-refractivity contribution in [3.8, 4) is 0 Å². The first-order valence-electron chi connectivity index (χ1n) is 33.0. The van der Waals surface area contributed by atoms with E-state index in [1.54, 1.807) is 44.3 Å². The monoisotopic (exact) mass is 1510 g/mol. The third kappa shape index (κ3) is 16.0. The smallest absolute Gasteiger partial charge is 0.306 e. The molecular weight excluding hydrogens is 1430 g/mol. The summed E-state index contributed by atoms with van der Waals surface area (Å²) in [4.78, 5) is 48.7. The Morgan fingerprint density at radius 3 is 1.37 bits per heavy atom. The normalized spacial score (nSPS) is 16.6. The van der Waals surface area contributed by atoms with Crippen LogP contribution in [0.3, 0.4) is 0 Å². The van der Waals surface area contributed by atoms with Gasteiger partial charge in [0.1, 0.15) is 0 Å². The number of piperidine rings is 1. The van der Waals surface area contributed by atoms with E-state index in [9.17, 15) is 22.8 Å². The van der Waals surface area contributed by atoms with Crippen LogP contribution in [0.15, 0.2) is 111 Å². The van der Waals surface area contributed by atoms with E-state index >= 15 is 0 Å². The van der Waals surface area contributed by atoms with Crippen molar-refractivity contribution >= 4 is 186 Å². The van der Waals surface area contributed by atoms with E-state index in [2.05, 4.69) is 93.6 Å². The minimum Gasteiger partial charge on any atom is -0.481 e. The first kappa shape index (κ1) is 72.6. The molecular formula is C69H77Cl5N18O9S. The van der Waals surface area contributed by atoms with Crippen LogP contribution in [-0.4, -0.2) is 185 Å². The second-order valence-corrected chi connectivity index (χ2v) is 30.4. The van der Waals surface area contributed by atoms with Crippen molar-refractivity contribution < 1.29 is 41.5 Å². The molecule has 0 radical (unpaired) electrons. The van der Waals surface area contributed by atoms with Crippen LogP contribution in [-0.2, 0) is 37.4 Å². The number of benzene rings is 6. The number of hydrogen-bond donors (Lipinski definition) is 6. The number of nitrogens with zero attached hydrogens (tertiary/aromatic N) is 13. The molecule has 0 saturated carbocycles. The predicted octanol–water partition coefficient (Wildman–Crippen LogP) is 11.7. The number of anilines is 8. The van der Waals surface area contributed by atoms with Gasteiger partial charge in [-0.25, -0.2) is 8.42 Å². The molecule has 102 heavy (non-hydrogen) atoms. The minimum absolute atomic E-state index is 0.0878. The van der Waals surface area contributed by atoms with Gasteiger partial charge in [0.2, 0.25) is 21.8 Å². The van der Waals surface area contributed by atoms with Crippen LogP contribution >= 0.6 is 58.0 Å². The highest BCUT2D eigenvalue weighted by molar-refractivity contribution is 7.88. The summed E-state index contributed by atoms with van der Waals surface area (Å²) in [5.41, 5.74) is 28.4. The third-order valence-electron chi connectivity index (χ3n) is 19.0. The number of aliphatic carboxylic acids is 1. The van der Waals surface area contributed by atoms with E-state index in [1.165, 1.54) is 21.7 Å². The molecule has 10 heterocycles. The van der Waals surface area contributed by atoms with Crippen molar-refractivity contribution in [3.05, 3.63) is 134 Å². The van der Waals surface area contributed by atoms with Crippen LogP contribution in [0, 0.1) is 5.92 Å². The van der Waals surface area contributed by atoms with Gasteiger partial charge in [0.25, 0.3) is 0 Å². The van der Waals surface area contributed by atoms with E-state index in [4.69, 9.17) is 93.9 Å². The van der Waals surface area contributed by atoms with E-state index in [0.29, 0.717) is 137 Å². The Hall–Kier alpha value is -9.16. The fraction of sp³-hybridized carbons (Fsp3) is 0.362. The zero-order chi connectivity index (χ0) is 72.5. The van der Waals surface area contributed by atoms with Crippen molar-refractivity contribution in [1.82, 2.24) is 50.0 Å². The van der Waals surface area contributed by atoms with Crippen LogP contribution in [0.25, 0.3) is 54.7 Å². The van der Waals surface area contributed by atoms with Gasteiger partial charge in [-0.2, -0.15) is 14.5 Å². The number of fused-ring (bicyclic) bond motifs is 6. The molecule has 9 N–H and O–H groups in total. The minimum atomic E-state index is -3.15. The van der Waals surface area contributed by atoms with E-state index in [1.807, 2.05) is 57.3 Å². The van der Waals surface area contributed by atoms with Crippen LogP contribution < -0.4 is 41.7 Å². The topological polar surface area (TPSA) is 345 Å². The van der Waals surface area contributed by atoms with Crippen molar-refractivity contribution in [2.45, 2.75) is 59.0 Å². The summed E-state index contributed by atoms with van der Waals surface area (Å²) in [6, 6.07) is 27.1. The van der Waals surface area contributed by atoms with Crippen LogP contribution in [0.2, 0.25) is 25.1 Å². The molecule has 27 nitrogen and oxygen atoms in total. The largest absolute Gasteiger partial charge is 0.481 e. The van der Waals surface area contributed by atoms with Gasteiger partial charge in [-0.3, -0.25) is 24.6 Å². The second kappa shape index (κ2) is 30.4. The van der Waals surface area contributed by atoms with Crippen molar-refractivity contribution in [3.63, 3.8) is 0 Å². The fourth-order valence-electron chi connectivity index (χ4n) is 13.8. The molecule has 33 heteroatoms. The van der Waals surface area contributed by atoms with Gasteiger partial charge in [0, 0.05) is 159 Å². The second-order valence-electron chi connectivity index (χ2n) is 26.2. The number of nitrogens with one attached hydrogen (secondary N) is 2. The van der Waals surface area contributed by atoms with Gasteiger partial charge in [-0.1, -0.05) is 97.7 Å². The van der Waals surface area contributed by atoms with Gasteiger partial charge in [-0.15, -0.1) is 0 Å². The average Bonchev–Trinajstić information content (AvgIpc) is 1.51. The molecule has 5 aliphatic heterocycles. The van der Waals surface area contributed by atoms with Gasteiger partial charge in [-0.05, 0) is 105 Å². The zero-order valence-corrected chi connectivity index (χ0v) is 61.2. The average molecular weight is 1510 g/mol. The zero-order valence-electron chi connectivity index (χ0n) is 56.6. The van der Waals surface area contributed by atoms with Crippen LogP contribution in [0.4, 0.5) is 45.9 Å². The molecule has 538 valence electrons. The molecule has 5 aromatic heterocycles. The Balaban J connectivity index is 0.000000120. The highest BCUT2D eigenvalue weighted by Gasteiger charge is 2.37. The van der Waals surface area contributed by atoms with E-state index in [-0.39, 0.29) is 23.3 Å². The number of carbonyl (C=O) groups excluding carboxylic acids is 2. The predicted molar refractivity (Wildman–Crippen MR) is 403 cm³/mol. The molecule has 6 aromatic carbocycles. The van der Waals surface area contributed by atoms with Gasteiger partial charge >= 0.3 is 5.97 Å². The van der Waals surface area contributed by atoms with Gasteiger partial charge < -0.3 is 70.2 Å². The maximum atomic E-state index is 11.8. The summed E-state index contributed by atoms with van der Waals surface area (Å²) >= 11 is 30.8. The maximum Gasteiger partial charge on any atom is 0.306 e. The number of piperazine rings is 3. The number of carboxylic acids is 1. The Kier molecular flexibility index (Phi) is 21.7. The molecule has 0 spiro atoms. The number of H-pyrrole nitrogens is 2. The summed E-state index contributed by atoms with van der Waals surface area (Å²) in [5, 5.41) is 41.9. The van der Waals surface area contributed by atoms with Crippen molar-refractivity contribution in [2.24, 2.45) is 5.92 Å². The Labute approximate surface area is 612 Å². The number of aromatic nitrogens is 7. The molecule has 16 rings (SSSR count). The maximum absolute atomic E-state index is 11.8. The summed E-state index contributed by atoms with van der Waals surface area (Å²) in [6.45, 7) is 17.6. The van der Waals surface area contributed by atoms with E-state index < -0.39 is 16.0 Å². The Morgan fingerprint density at radius 1 is 0.520 bits per heavy atom. The van der Waals surface area contributed by atoms with Crippen LogP contribution in [0.1, 0.15) is 51.7 Å². The molecule has 5 aliphatic rings. The molecule has 0 aliphatic carbocycles. The lowest BCUT2D eigenvalue weighted by Gasteiger charge is -2.47. The number of nitrogens with two attached hydrogens (primary N) is 3. The molecule has 0 atom stereocenters. The first-order valence-corrected chi connectivity index (χ1v) is 36.7. The number of amides is 2. The highest BCUT2D eigenvalue weighted by atomic mass is 35.5. The molecule has 0 bridgehead atoms. The van der Waals surface area contributed by atoms with Crippen molar-refractivity contribution in [1.29, 1.82) is 0 Å². The highest BCUT2D eigenvalue weighted by Crippen LogP contribution is 2.40. The number of rotatable bonds is 7. The Morgan fingerprint density at radius 2 is 0.931 bits per heavy atom. The lowest BCUT2D eigenvalue weighted by Crippen LogP contribution is -2.60. The van der Waals surface area contributed by atoms with Gasteiger partial charge in [0.05, 0.1) is 74.4 Å². The van der Waals surface area contributed by atoms with Gasteiger partial charge in [0.15, 0.2) is 34.2 Å².